The van der Waals surface area contributed by atoms with Crippen molar-refractivity contribution in [2.75, 3.05) is 11.9 Å². The maximum absolute atomic E-state index is 13.4. The minimum atomic E-state index is -4.41. The number of sulfonamides is 1. The molecule has 0 aromatic carbocycles. The summed E-state index contributed by atoms with van der Waals surface area (Å²) in [4.78, 5) is 39.8. The fourth-order valence-electron chi connectivity index (χ4n) is 5.92. The third-order valence-corrected chi connectivity index (χ3v) is 10.6. The number of carboxylic acid groups (broad SMARTS) is 1. The van der Waals surface area contributed by atoms with E-state index >= 15 is 0 Å². The van der Waals surface area contributed by atoms with E-state index in [0.29, 0.717) is 29.6 Å². The Labute approximate surface area is 296 Å². The Kier molecular flexibility index (Phi) is 10.9. The molecule has 0 radical (unpaired) electrons. The van der Waals surface area contributed by atoms with Gasteiger partial charge in [-0.2, -0.15) is 8.42 Å². The van der Waals surface area contributed by atoms with Gasteiger partial charge in [-0.1, -0.05) is 59.2 Å². The number of carbonyl (C=O) groups is 2. The van der Waals surface area contributed by atoms with Gasteiger partial charge in [0.2, 0.25) is 0 Å². The first-order valence-electron chi connectivity index (χ1n) is 15.7. The molecule has 1 aliphatic rings. The highest BCUT2D eigenvalue weighted by atomic mass is 79.9. The van der Waals surface area contributed by atoms with Crippen molar-refractivity contribution in [2.45, 2.75) is 102 Å². The predicted octanol–water partition coefficient (Wildman–Crippen LogP) is 7.71. The van der Waals surface area contributed by atoms with Crippen LogP contribution >= 0.6 is 27.5 Å². The molecule has 1 fully saturated rings. The molecule has 2 atom stereocenters. The first-order chi connectivity index (χ1) is 22.1. The molecule has 2 amide bonds. The van der Waals surface area contributed by atoms with Crippen molar-refractivity contribution >= 4 is 55.4 Å². The topological polar surface area (TPSA) is 154 Å². The lowest BCUT2D eigenvalue weighted by atomic mass is 9.86. The van der Waals surface area contributed by atoms with E-state index in [4.69, 9.17) is 11.6 Å². The van der Waals surface area contributed by atoms with Crippen LogP contribution in [0.1, 0.15) is 108 Å². The van der Waals surface area contributed by atoms with E-state index in [1.54, 1.807) is 12.3 Å². The third kappa shape index (κ3) is 8.83. The number of hydrogen-bond donors (Lipinski definition) is 3. The fraction of sp³-hybridized carbons (Fsp3) is 0.500. The van der Waals surface area contributed by atoms with E-state index in [2.05, 4.69) is 61.7 Å². The van der Waals surface area contributed by atoms with Crippen molar-refractivity contribution in [3.63, 3.8) is 0 Å². The largest absolute Gasteiger partial charge is 0.465 e. The van der Waals surface area contributed by atoms with Gasteiger partial charge < -0.3 is 15.3 Å². The number of aromatic nitrogens is 3. The number of anilines is 1. The fourth-order valence-corrected chi connectivity index (χ4v) is 8.00. The van der Waals surface area contributed by atoms with Gasteiger partial charge in [-0.3, -0.25) is 9.78 Å². The average molecular weight is 764 g/mol. The summed E-state index contributed by atoms with van der Waals surface area (Å²) >= 11 is 9.74. The number of rotatable bonds is 9. The third-order valence-electron chi connectivity index (χ3n) is 8.49. The number of amides is 2. The first-order valence-corrected chi connectivity index (χ1v) is 18.4. The van der Waals surface area contributed by atoms with Crippen molar-refractivity contribution in [3.05, 3.63) is 74.7 Å². The number of carbonyl (C=O) groups excluding carboxylic acids is 1. The lowest BCUT2D eigenvalue weighted by molar-refractivity contribution is 0.0980. The number of halogens is 2. The Hall–Kier alpha value is -3.29. The summed E-state index contributed by atoms with van der Waals surface area (Å²) in [5.41, 5.74) is 1.39. The van der Waals surface area contributed by atoms with E-state index in [1.807, 2.05) is 46.8 Å². The lowest BCUT2D eigenvalue weighted by Gasteiger charge is -2.28. The van der Waals surface area contributed by atoms with Crippen LogP contribution in [0.4, 0.5) is 10.6 Å². The smallest absolute Gasteiger partial charge is 0.407 e. The van der Waals surface area contributed by atoms with Gasteiger partial charge in [0.05, 0.1) is 23.0 Å². The van der Waals surface area contributed by atoms with E-state index in [0.717, 1.165) is 17.7 Å². The van der Waals surface area contributed by atoms with E-state index in [1.165, 1.54) is 23.1 Å². The summed E-state index contributed by atoms with van der Waals surface area (Å²) < 4.78 is 29.4. The molecule has 3 aromatic heterocycles. The zero-order chi connectivity index (χ0) is 35.8. The molecule has 4 heterocycles. The van der Waals surface area contributed by atoms with Crippen LogP contribution in [-0.2, 0) is 20.9 Å². The number of nitrogens with zero attached hydrogens (tertiary/aromatic N) is 4. The molecule has 3 aromatic rings. The highest BCUT2D eigenvalue weighted by molar-refractivity contribution is 9.10. The quantitative estimate of drug-likeness (QED) is 0.186. The van der Waals surface area contributed by atoms with Crippen LogP contribution < -0.4 is 10.0 Å². The highest BCUT2D eigenvalue weighted by Gasteiger charge is 2.41. The molecule has 48 heavy (non-hydrogen) atoms. The molecule has 3 N–H and O–H groups in total. The Morgan fingerprint density at radius 3 is 2.40 bits per heavy atom. The lowest BCUT2D eigenvalue weighted by Crippen LogP contribution is -2.41. The van der Waals surface area contributed by atoms with Gasteiger partial charge in [0.15, 0.2) is 5.03 Å². The molecule has 0 spiro atoms. The normalized spacial score (nSPS) is 17.2. The number of pyridine rings is 3. The Morgan fingerprint density at radius 1 is 1.10 bits per heavy atom. The molecular weight excluding hydrogens is 720 g/mol. The minimum Gasteiger partial charge on any atom is -0.465 e. The van der Waals surface area contributed by atoms with Crippen molar-refractivity contribution in [2.24, 2.45) is 5.92 Å². The van der Waals surface area contributed by atoms with Gasteiger partial charge in [0, 0.05) is 28.2 Å². The van der Waals surface area contributed by atoms with Crippen LogP contribution in [0.5, 0.6) is 0 Å². The Morgan fingerprint density at radius 2 is 1.79 bits per heavy atom. The molecule has 1 aliphatic heterocycles. The van der Waals surface area contributed by atoms with Gasteiger partial charge in [-0.25, -0.2) is 19.5 Å². The van der Waals surface area contributed by atoms with Gasteiger partial charge >= 0.3 is 6.09 Å². The van der Waals surface area contributed by atoms with Crippen LogP contribution in [0.25, 0.3) is 0 Å². The molecule has 0 saturated carbocycles. The van der Waals surface area contributed by atoms with Crippen LogP contribution in [0.15, 0.2) is 52.1 Å². The molecule has 11 nitrogen and oxygen atoms in total. The molecule has 260 valence electrons. The van der Waals surface area contributed by atoms with Crippen molar-refractivity contribution in [1.29, 1.82) is 0 Å². The predicted molar refractivity (Wildman–Crippen MR) is 190 cm³/mol. The number of nitrogens with one attached hydrogen (secondary N) is 2. The summed E-state index contributed by atoms with van der Waals surface area (Å²) in [6.07, 6.45) is 2.85. The molecule has 0 bridgehead atoms. The maximum atomic E-state index is 13.4. The van der Waals surface area contributed by atoms with E-state index < -0.39 is 27.6 Å². The molecule has 0 aliphatic carbocycles. The zero-order valence-electron chi connectivity index (χ0n) is 28.6. The molecule has 1 saturated heterocycles. The van der Waals surface area contributed by atoms with E-state index in [9.17, 15) is 23.1 Å². The standard InChI is InChI=1S/C34H44BrClN6O5S/c1-32(2,3)21-14-15-37-25(16-21)24(13-12-20-18-34(7,8)42(19-20)31(44)45)38-26-10-9-11-27(39-26)48(46,47)41-30(43)22-17-23(35)28(33(4,5)6)40-29(22)36/h9-11,14-17,20,24H,12-13,18-19H2,1-8H3,(H,38,39)(H,41,43)(H,44,45)/t20-,24?/m0/s1. The van der Waals surface area contributed by atoms with Crippen LogP contribution in [0.2, 0.25) is 5.15 Å². The summed E-state index contributed by atoms with van der Waals surface area (Å²) in [6, 6.07) is 9.58. The average Bonchev–Trinajstić information content (AvgIpc) is 3.29. The van der Waals surface area contributed by atoms with Crippen LogP contribution in [0.3, 0.4) is 0 Å². The van der Waals surface area contributed by atoms with Gasteiger partial charge in [-0.15, -0.1) is 0 Å². The Bertz CT molecular complexity index is 1810. The molecule has 14 heteroatoms. The van der Waals surface area contributed by atoms with Crippen molar-refractivity contribution < 1.29 is 23.1 Å². The van der Waals surface area contributed by atoms with E-state index in [-0.39, 0.29) is 44.4 Å². The summed E-state index contributed by atoms with van der Waals surface area (Å²) in [5.74, 6) is -0.529. The van der Waals surface area contributed by atoms with Gasteiger partial charge in [0.25, 0.3) is 15.9 Å². The summed E-state index contributed by atoms with van der Waals surface area (Å²) in [5, 5.41) is 12.6. The first kappa shape index (κ1) is 37.5. The molecule has 1 unspecified atom stereocenters. The van der Waals surface area contributed by atoms with Crippen molar-refractivity contribution in [3.8, 4) is 0 Å². The molecule has 4 rings (SSSR count). The van der Waals surface area contributed by atoms with Crippen LogP contribution in [0, 0.1) is 5.92 Å². The molecular formula is C34H44BrClN6O5S. The number of likely N-dealkylation sites (tertiary alicyclic amines) is 1. The number of hydrogen-bond acceptors (Lipinski definition) is 8. The zero-order valence-corrected chi connectivity index (χ0v) is 31.7. The monoisotopic (exact) mass is 762 g/mol. The maximum Gasteiger partial charge on any atom is 0.407 e. The summed E-state index contributed by atoms with van der Waals surface area (Å²) in [7, 11) is -4.41. The summed E-state index contributed by atoms with van der Waals surface area (Å²) in [6.45, 7) is 16.5. The second-order valence-electron chi connectivity index (χ2n) is 15.0. The minimum absolute atomic E-state index is 0.101. The van der Waals surface area contributed by atoms with Gasteiger partial charge in [-0.05, 0) is 96.3 Å². The Balaban J connectivity index is 1.59. The van der Waals surface area contributed by atoms with Gasteiger partial charge in [0.1, 0.15) is 11.0 Å². The van der Waals surface area contributed by atoms with Crippen molar-refractivity contribution in [1.82, 2.24) is 24.6 Å². The highest BCUT2D eigenvalue weighted by Crippen LogP contribution is 2.37. The van der Waals surface area contributed by atoms with Crippen LogP contribution in [-0.4, -0.2) is 57.5 Å². The second-order valence-corrected chi connectivity index (χ2v) is 17.8. The SMILES string of the molecule is CC(C)(C)c1ccnc(C(CC[C@@H]2CN(C(=O)O)C(C)(C)C2)Nc2cccc(S(=O)(=O)NC(=O)c3cc(Br)c(C(C)(C)C)nc3Cl)n2)c1. The second kappa shape index (κ2) is 13.9.